The molecule has 0 aliphatic rings. The van der Waals surface area contributed by atoms with Crippen LogP contribution in [0.5, 0.6) is 0 Å². The van der Waals surface area contributed by atoms with Crippen molar-refractivity contribution in [3.05, 3.63) is 59.1 Å². The third-order valence-corrected chi connectivity index (χ3v) is 5.33. The number of carbonyl (C=O) groups excluding carboxylic acids is 1. The summed E-state index contributed by atoms with van der Waals surface area (Å²) in [5.41, 5.74) is 1.08. The van der Waals surface area contributed by atoms with Crippen LogP contribution in [0, 0.1) is 0 Å². The Labute approximate surface area is 158 Å². The average molecular weight is 410 g/mol. The van der Waals surface area contributed by atoms with Crippen LogP contribution in [0.2, 0.25) is 5.02 Å². The van der Waals surface area contributed by atoms with E-state index in [-0.39, 0.29) is 27.5 Å². The molecule has 7 nitrogen and oxygen atoms in total. The van der Waals surface area contributed by atoms with Gasteiger partial charge in [0.1, 0.15) is 0 Å². The molecule has 0 saturated carbocycles. The molecule has 2 aromatic carbocycles. The second-order valence-electron chi connectivity index (χ2n) is 5.16. The molecule has 0 fully saturated rings. The lowest BCUT2D eigenvalue weighted by molar-refractivity contribution is 0.102. The summed E-state index contributed by atoms with van der Waals surface area (Å²) in [6.07, 6.45) is 0. The van der Waals surface area contributed by atoms with Crippen LogP contribution in [0.1, 0.15) is 10.4 Å². The number of thioether (sulfide) groups is 1. The van der Waals surface area contributed by atoms with Crippen molar-refractivity contribution >= 4 is 39.2 Å². The third-order valence-electron chi connectivity index (χ3n) is 3.33. The van der Waals surface area contributed by atoms with Crippen molar-refractivity contribution in [3.8, 4) is 11.5 Å². The maximum Gasteiger partial charge on any atom is 0.277 e. The molecule has 0 amide bonds. The molecule has 0 unspecified atom stereocenters. The summed E-state index contributed by atoms with van der Waals surface area (Å²) >= 11 is 6.91. The van der Waals surface area contributed by atoms with Crippen LogP contribution in [0.4, 0.5) is 0 Å². The van der Waals surface area contributed by atoms with E-state index >= 15 is 0 Å². The number of Topliss-reactive ketones (excluding diaryl/α,β-unsaturated/α-hetero) is 1. The van der Waals surface area contributed by atoms with Crippen LogP contribution in [-0.4, -0.2) is 30.2 Å². The zero-order valence-electron chi connectivity index (χ0n) is 13.1. The predicted molar refractivity (Wildman–Crippen MR) is 97.6 cm³/mol. The number of aromatic nitrogens is 2. The van der Waals surface area contributed by atoms with E-state index in [1.807, 2.05) is 0 Å². The van der Waals surface area contributed by atoms with Gasteiger partial charge < -0.3 is 4.42 Å². The molecule has 1 heterocycles. The lowest BCUT2D eigenvalue weighted by Gasteiger charge is -1.99. The number of nitrogens with two attached hydrogens (primary N) is 1. The van der Waals surface area contributed by atoms with E-state index in [1.54, 1.807) is 24.3 Å². The zero-order valence-corrected chi connectivity index (χ0v) is 15.5. The molecule has 2 N–H and O–H groups in total. The minimum atomic E-state index is -3.76. The van der Waals surface area contributed by atoms with Gasteiger partial charge in [-0.15, -0.1) is 10.2 Å². The van der Waals surface area contributed by atoms with Crippen molar-refractivity contribution in [1.29, 1.82) is 0 Å². The van der Waals surface area contributed by atoms with E-state index in [4.69, 9.17) is 21.2 Å². The molecule has 0 aliphatic carbocycles. The predicted octanol–water partition coefficient (Wildman–Crippen LogP) is 3.01. The Morgan fingerprint density at radius 3 is 2.35 bits per heavy atom. The summed E-state index contributed by atoms with van der Waals surface area (Å²) in [6, 6.07) is 12.3. The molecule has 3 rings (SSSR count). The lowest BCUT2D eigenvalue weighted by atomic mass is 10.1. The highest BCUT2D eigenvalue weighted by molar-refractivity contribution is 7.99. The fourth-order valence-corrected chi connectivity index (χ4v) is 3.32. The number of ketones is 1. The Hall–Kier alpha value is -2.20. The first kappa shape index (κ1) is 18.6. The van der Waals surface area contributed by atoms with E-state index in [9.17, 15) is 13.2 Å². The Bertz CT molecular complexity index is 1030. The highest BCUT2D eigenvalue weighted by atomic mass is 35.5. The molecule has 0 spiro atoms. The Morgan fingerprint density at radius 2 is 1.73 bits per heavy atom. The first-order valence-electron chi connectivity index (χ1n) is 7.21. The molecular formula is C16H12ClN3O4S2. The number of benzene rings is 2. The summed E-state index contributed by atoms with van der Waals surface area (Å²) in [5, 5.41) is 13.6. The molecule has 0 bridgehead atoms. The van der Waals surface area contributed by atoms with E-state index in [2.05, 4.69) is 10.2 Å². The first-order valence-corrected chi connectivity index (χ1v) is 10.1. The number of primary sulfonamides is 1. The van der Waals surface area contributed by atoms with Crippen LogP contribution in [0.3, 0.4) is 0 Å². The van der Waals surface area contributed by atoms with Gasteiger partial charge in [0, 0.05) is 16.1 Å². The van der Waals surface area contributed by atoms with Crippen molar-refractivity contribution in [2.75, 3.05) is 5.75 Å². The van der Waals surface area contributed by atoms with Gasteiger partial charge in [-0.1, -0.05) is 23.4 Å². The molecule has 3 aromatic rings. The smallest absolute Gasteiger partial charge is 0.277 e. The summed E-state index contributed by atoms with van der Waals surface area (Å²) in [4.78, 5) is 12.1. The van der Waals surface area contributed by atoms with Gasteiger partial charge in [-0.05, 0) is 48.5 Å². The first-order chi connectivity index (χ1) is 12.3. The normalized spacial score (nSPS) is 11.5. The summed E-state index contributed by atoms with van der Waals surface area (Å²) in [5.74, 6) is 0.254. The molecule has 0 radical (unpaired) electrons. The van der Waals surface area contributed by atoms with Gasteiger partial charge in [0.25, 0.3) is 5.22 Å². The minimum absolute atomic E-state index is 0.0103. The second kappa shape index (κ2) is 7.58. The van der Waals surface area contributed by atoms with Crippen molar-refractivity contribution in [3.63, 3.8) is 0 Å². The molecule has 134 valence electrons. The van der Waals surface area contributed by atoms with Crippen molar-refractivity contribution in [1.82, 2.24) is 10.2 Å². The van der Waals surface area contributed by atoms with Gasteiger partial charge in [0.05, 0.1) is 10.6 Å². The Morgan fingerprint density at radius 1 is 1.08 bits per heavy atom. The van der Waals surface area contributed by atoms with Gasteiger partial charge in [0.2, 0.25) is 15.9 Å². The van der Waals surface area contributed by atoms with Gasteiger partial charge in [0.15, 0.2) is 5.78 Å². The fraction of sp³-hybridized carbons (Fsp3) is 0.0625. The van der Waals surface area contributed by atoms with Crippen LogP contribution >= 0.6 is 23.4 Å². The number of carbonyl (C=O) groups is 1. The number of rotatable bonds is 6. The number of sulfonamides is 1. The van der Waals surface area contributed by atoms with Crippen LogP contribution in [0.25, 0.3) is 11.5 Å². The van der Waals surface area contributed by atoms with Crippen LogP contribution < -0.4 is 5.14 Å². The fourth-order valence-electron chi connectivity index (χ4n) is 2.02. The van der Waals surface area contributed by atoms with Gasteiger partial charge in [-0.3, -0.25) is 4.79 Å². The Balaban J connectivity index is 1.66. The van der Waals surface area contributed by atoms with Crippen molar-refractivity contribution < 1.29 is 17.6 Å². The minimum Gasteiger partial charge on any atom is -0.411 e. The van der Waals surface area contributed by atoms with E-state index in [0.29, 0.717) is 16.1 Å². The third kappa shape index (κ3) is 4.50. The van der Waals surface area contributed by atoms with Gasteiger partial charge >= 0.3 is 0 Å². The highest BCUT2D eigenvalue weighted by Gasteiger charge is 2.14. The van der Waals surface area contributed by atoms with Crippen LogP contribution in [-0.2, 0) is 10.0 Å². The number of halogens is 1. The summed E-state index contributed by atoms with van der Waals surface area (Å²) < 4.78 is 28.0. The molecule has 1 aromatic heterocycles. The second-order valence-corrected chi connectivity index (χ2v) is 8.09. The molecule has 0 atom stereocenters. The average Bonchev–Trinajstić information content (AvgIpc) is 3.09. The zero-order chi connectivity index (χ0) is 18.7. The largest absolute Gasteiger partial charge is 0.411 e. The van der Waals surface area contributed by atoms with Gasteiger partial charge in [-0.2, -0.15) is 0 Å². The highest BCUT2D eigenvalue weighted by Crippen LogP contribution is 2.24. The topological polar surface area (TPSA) is 116 Å². The van der Waals surface area contributed by atoms with E-state index in [1.165, 1.54) is 24.3 Å². The quantitative estimate of drug-likeness (QED) is 0.491. The van der Waals surface area contributed by atoms with Crippen molar-refractivity contribution in [2.24, 2.45) is 5.14 Å². The SMILES string of the molecule is NS(=O)(=O)c1ccc(-c2nnc(SCC(=O)c3ccc(Cl)cc3)o2)cc1. The molecule has 26 heavy (non-hydrogen) atoms. The molecular weight excluding hydrogens is 398 g/mol. The summed E-state index contributed by atoms with van der Waals surface area (Å²) in [6.45, 7) is 0. The summed E-state index contributed by atoms with van der Waals surface area (Å²) in [7, 11) is -3.76. The number of hydrogen-bond donors (Lipinski definition) is 1. The molecule has 10 heteroatoms. The van der Waals surface area contributed by atoms with Crippen molar-refractivity contribution in [2.45, 2.75) is 10.1 Å². The van der Waals surface area contributed by atoms with Crippen LogP contribution in [0.15, 0.2) is 63.1 Å². The van der Waals surface area contributed by atoms with E-state index in [0.717, 1.165) is 11.8 Å². The van der Waals surface area contributed by atoms with E-state index < -0.39 is 10.0 Å². The molecule has 0 aliphatic heterocycles. The standard InChI is InChI=1S/C16H12ClN3O4S2/c17-12-5-1-10(2-6-12)14(21)9-25-16-20-19-15(24-16)11-3-7-13(8-4-11)26(18,22)23/h1-8H,9H2,(H2,18,22,23). The molecule has 0 saturated heterocycles. The van der Waals surface area contributed by atoms with Gasteiger partial charge in [-0.25, -0.2) is 13.6 Å². The lowest BCUT2D eigenvalue weighted by Crippen LogP contribution is -2.11. The number of hydrogen-bond acceptors (Lipinski definition) is 7. The Kier molecular flexibility index (Phi) is 5.42. The monoisotopic (exact) mass is 409 g/mol. The maximum absolute atomic E-state index is 12.1. The maximum atomic E-state index is 12.1. The number of nitrogens with zero attached hydrogens (tertiary/aromatic N) is 2.